The van der Waals surface area contributed by atoms with E-state index in [9.17, 15) is 9.59 Å². The van der Waals surface area contributed by atoms with E-state index in [0.717, 1.165) is 13.1 Å². The van der Waals surface area contributed by atoms with Gasteiger partial charge in [0.15, 0.2) is 5.76 Å². The van der Waals surface area contributed by atoms with E-state index >= 15 is 0 Å². The Labute approximate surface area is 145 Å². The Kier molecular flexibility index (Phi) is 6.40. The van der Waals surface area contributed by atoms with Crippen molar-refractivity contribution in [3.8, 4) is 0 Å². The molecule has 0 aliphatic heterocycles. The normalized spacial score (nSPS) is 10.7. The Morgan fingerprint density at radius 3 is 2.38 bits per heavy atom. The molecule has 2 rings (SSSR count). The fourth-order valence-corrected chi connectivity index (χ4v) is 2.36. The van der Waals surface area contributed by atoms with Gasteiger partial charge in [0.05, 0.1) is 17.1 Å². The highest BCUT2D eigenvalue weighted by molar-refractivity contribution is 6.33. The van der Waals surface area contributed by atoms with Gasteiger partial charge in [-0.2, -0.15) is 0 Å². The summed E-state index contributed by atoms with van der Waals surface area (Å²) in [5, 5.41) is 0.309. The molecular formula is C17H20ClN3O3. The van der Waals surface area contributed by atoms with Crippen LogP contribution in [0.25, 0.3) is 0 Å². The molecule has 128 valence electrons. The van der Waals surface area contributed by atoms with Crippen molar-refractivity contribution in [3.05, 3.63) is 58.5 Å². The van der Waals surface area contributed by atoms with E-state index in [1.165, 1.54) is 0 Å². The zero-order valence-corrected chi connectivity index (χ0v) is 14.4. The summed E-state index contributed by atoms with van der Waals surface area (Å²) >= 11 is 5.93. The fourth-order valence-electron chi connectivity index (χ4n) is 2.14. The molecule has 0 fully saturated rings. The molecule has 7 heteroatoms. The predicted molar refractivity (Wildman–Crippen MR) is 91.7 cm³/mol. The lowest BCUT2D eigenvalue weighted by molar-refractivity contribution is 0.0829. The maximum atomic E-state index is 12.0. The first-order valence-electron chi connectivity index (χ1n) is 7.71. The number of benzene rings is 1. The number of rotatable bonds is 6. The molecule has 6 nitrogen and oxygen atoms in total. The third-order valence-corrected chi connectivity index (χ3v) is 3.90. The largest absolute Gasteiger partial charge is 0.454 e. The number of nitrogens with one attached hydrogen (secondary N) is 2. The minimum absolute atomic E-state index is 0.136. The van der Waals surface area contributed by atoms with Crippen LogP contribution in [0.4, 0.5) is 0 Å². The third kappa shape index (κ3) is 4.59. The molecule has 0 aliphatic carbocycles. The number of hydrazine groups is 1. The molecule has 0 spiro atoms. The lowest BCUT2D eigenvalue weighted by Gasteiger charge is -2.15. The molecule has 0 atom stereocenters. The molecule has 1 heterocycles. The van der Waals surface area contributed by atoms with Gasteiger partial charge >= 0.3 is 5.91 Å². The lowest BCUT2D eigenvalue weighted by atomic mass is 10.2. The molecule has 0 aliphatic rings. The van der Waals surface area contributed by atoms with Crippen LogP contribution in [0.3, 0.4) is 0 Å². The number of carbonyl (C=O) groups is 2. The summed E-state index contributed by atoms with van der Waals surface area (Å²) in [6.45, 7) is 6.54. The van der Waals surface area contributed by atoms with Gasteiger partial charge in [-0.3, -0.25) is 25.3 Å². The topological polar surface area (TPSA) is 74.6 Å². The second-order valence-corrected chi connectivity index (χ2v) is 5.52. The van der Waals surface area contributed by atoms with Crippen LogP contribution in [0.1, 0.15) is 40.5 Å². The monoisotopic (exact) mass is 349 g/mol. The summed E-state index contributed by atoms with van der Waals surface area (Å²) in [4.78, 5) is 26.2. The van der Waals surface area contributed by atoms with Crippen LogP contribution < -0.4 is 10.9 Å². The van der Waals surface area contributed by atoms with Crippen LogP contribution in [-0.2, 0) is 6.54 Å². The van der Waals surface area contributed by atoms with E-state index in [-0.39, 0.29) is 11.3 Å². The van der Waals surface area contributed by atoms with E-state index < -0.39 is 11.8 Å². The van der Waals surface area contributed by atoms with Crippen LogP contribution in [-0.4, -0.2) is 29.8 Å². The Morgan fingerprint density at radius 2 is 1.71 bits per heavy atom. The molecule has 2 aromatic rings. The van der Waals surface area contributed by atoms with Gasteiger partial charge in [0.2, 0.25) is 0 Å². The first-order valence-corrected chi connectivity index (χ1v) is 8.09. The molecule has 0 unspecified atom stereocenters. The number of hydrogen-bond donors (Lipinski definition) is 2. The molecule has 0 saturated heterocycles. The summed E-state index contributed by atoms with van der Waals surface area (Å²) in [5.74, 6) is -0.192. The highest BCUT2D eigenvalue weighted by atomic mass is 35.5. The standard InChI is InChI=1S/C17H20ClN3O3/c1-3-21(4-2)11-12-9-10-15(24-12)17(23)20-19-16(22)13-7-5-6-8-14(13)18/h5-10H,3-4,11H2,1-2H3,(H,19,22)(H,20,23). The van der Waals surface area contributed by atoms with Gasteiger partial charge < -0.3 is 4.42 Å². The maximum absolute atomic E-state index is 12.0. The van der Waals surface area contributed by atoms with E-state index in [1.807, 2.05) is 0 Å². The quantitative estimate of drug-likeness (QED) is 0.786. The Balaban J connectivity index is 1.92. The minimum Gasteiger partial charge on any atom is -0.454 e. The highest BCUT2D eigenvalue weighted by Crippen LogP contribution is 2.14. The van der Waals surface area contributed by atoms with Crippen molar-refractivity contribution < 1.29 is 14.0 Å². The molecule has 1 aromatic heterocycles. The SMILES string of the molecule is CCN(CC)Cc1ccc(C(=O)NNC(=O)c2ccccc2Cl)o1. The Hall–Kier alpha value is -2.31. The average molecular weight is 350 g/mol. The van der Waals surface area contributed by atoms with Crippen LogP contribution in [0.15, 0.2) is 40.8 Å². The maximum Gasteiger partial charge on any atom is 0.305 e. The van der Waals surface area contributed by atoms with Crippen molar-refractivity contribution in [2.45, 2.75) is 20.4 Å². The highest BCUT2D eigenvalue weighted by Gasteiger charge is 2.15. The van der Waals surface area contributed by atoms with E-state index in [2.05, 4.69) is 29.6 Å². The van der Waals surface area contributed by atoms with Crippen molar-refractivity contribution in [1.82, 2.24) is 15.8 Å². The molecule has 2 amide bonds. The van der Waals surface area contributed by atoms with Gasteiger partial charge in [-0.15, -0.1) is 0 Å². The molecular weight excluding hydrogens is 330 g/mol. The second kappa shape index (κ2) is 8.52. The van der Waals surface area contributed by atoms with Gasteiger partial charge in [-0.25, -0.2) is 0 Å². The summed E-state index contributed by atoms with van der Waals surface area (Å²) in [7, 11) is 0. The number of hydrogen-bond acceptors (Lipinski definition) is 4. The van der Waals surface area contributed by atoms with Gasteiger partial charge in [0.25, 0.3) is 5.91 Å². The molecule has 0 bridgehead atoms. The molecule has 0 radical (unpaired) electrons. The summed E-state index contributed by atoms with van der Waals surface area (Å²) < 4.78 is 5.51. The number of furan rings is 1. The third-order valence-electron chi connectivity index (χ3n) is 3.57. The lowest BCUT2D eigenvalue weighted by Crippen LogP contribution is -2.41. The van der Waals surface area contributed by atoms with Gasteiger partial charge in [-0.05, 0) is 37.4 Å². The van der Waals surface area contributed by atoms with Gasteiger partial charge in [-0.1, -0.05) is 37.6 Å². The van der Waals surface area contributed by atoms with Crippen LogP contribution in [0.5, 0.6) is 0 Å². The Bertz CT molecular complexity index is 711. The van der Waals surface area contributed by atoms with E-state index in [1.54, 1.807) is 36.4 Å². The summed E-state index contributed by atoms with van der Waals surface area (Å²) in [6.07, 6.45) is 0. The van der Waals surface area contributed by atoms with Crippen molar-refractivity contribution in [1.29, 1.82) is 0 Å². The minimum atomic E-state index is -0.527. The van der Waals surface area contributed by atoms with Gasteiger partial charge in [0.1, 0.15) is 5.76 Å². The van der Waals surface area contributed by atoms with Crippen molar-refractivity contribution >= 4 is 23.4 Å². The first-order chi connectivity index (χ1) is 11.5. The second-order valence-electron chi connectivity index (χ2n) is 5.12. The zero-order chi connectivity index (χ0) is 17.5. The predicted octanol–water partition coefficient (Wildman–Crippen LogP) is 2.85. The average Bonchev–Trinajstić information content (AvgIpc) is 3.06. The smallest absolute Gasteiger partial charge is 0.305 e. The zero-order valence-electron chi connectivity index (χ0n) is 13.6. The number of halogens is 1. The summed E-state index contributed by atoms with van der Waals surface area (Å²) in [6, 6.07) is 9.91. The van der Waals surface area contributed by atoms with Crippen LogP contribution in [0, 0.1) is 0 Å². The fraction of sp³-hybridized carbons (Fsp3) is 0.294. The van der Waals surface area contributed by atoms with Crippen molar-refractivity contribution in [3.63, 3.8) is 0 Å². The molecule has 1 aromatic carbocycles. The number of carbonyl (C=O) groups excluding carboxylic acids is 2. The Morgan fingerprint density at radius 1 is 1.04 bits per heavy atom. The molecule has 2 N–H and O–H groups in total. The first kappa shape index (κ1) is 18.0. The van der Waals surface area contributed by atoms with Crippen molar-refractivity contribution in [2.24, 2.45) is 0 Å². The van der Waals surface area contributed by atoms with E-state index in [4.69, 9.17) is 16.0 Å². The molecule has 0 saturated carbocycles. The molecule has 24 heavy (non-hydrogen) atoms. The number of amides is 2. The summed E-state index contributed by atoms with van der Waals surface area (Å²) in [5.41, 5.74) is 4.91. The van der Waals surface area contributed by atoms with Gasteiger partial charge in [0, 0.05) is 0 Å². The number of nitrogens with zero attached hydrogens (tertiary/aromatic N) is 1. The van der Waals surface area contributed by atoms with Crippen LogP contribution in [0.2, 0.25) is 5.02 Å². The van der Waals surface area contributed by atoms with Crippen LogP contribution >= 0.6 is 11.6 Å². The van der Waals surface area contributed by atoms with Crippen molar-refractivity contribution in [2.75, 3.05) is 13.1 Å². The van der Waals surface area contributed by atoms with E-state index in [0.29, 0.717) is 17.3 Å².